The second-order valence-electron chi connectivity index (χ2n) is 9.44. The first kappa shape index (κ1) is 22.8. The number of nitrogens with zero attached hydrogens (tertiary/aromatic N) is 2. The summed E-state index contributed by atoms with van der Waals surface area (Å²) >= 11 is 0. The summed E-state index contributed by atoms with van der Waals surface area (Å²) in [4.78, 5) is 29.2. The fourth-order valence-corrected chi connectivity index (χ4v) is 5.47. The number of likely N-dealkylation sites (tertiary alicyclic amines) is 1. The summed E-state index contributed by atoms with van der Waals surface area (Å²) in [7, 11) is 0. The number of aliphatic hydroxyl groups excluding tert-OH is 1. The fourth-order valence-electron chi connectivity index (χ4n) is 5.47. The van der Waals surface area contributed by atoms with Crippen molar-refractivity contribution in [2.75, 3.05) is 36.5 Å². The lowest BCUT2D eigenvalue weighted by Crippen LogP contribution is -2.50. The van der Waals surface area contributed by atoms with Crippen LogP contribution in [0.25, 0.3) is 0 Å². The van der Waals surface area contributed by atoms with E-state index in [1.165, 1.54) is 6.07 Å². The molecule has 2 saturated heterocycles. The Morgan fingerprint density at radius 3 is 2.75 bits per heavy atom. The van der Waals surface area contributed by atoms with Crippen molar-refractivity contribution in [2.45, 2.75) is 70.4 Å². The van der Waals surface area contributed by atoms with Crippen LogP contribution < -0.4 is 10.2 Å². The van der Waals surface area contributed by atoms with Gasteiger partial charge in [-0.3, -0.25) is 10.1 Å². The summed E-state index contributed by atoms with van der Waals surface area (Å²) in [5.41, 5.74) is 0.354. The Hall–Kier alpha value is -2.35. The van der Waals surface area contributed by atoms with Crippen molar-refractivity contribution in [3.05, 3.63) is 24.0 Å². The van der Waals surface area contributed by atoms with Gasteiger partial charge in [-0.25, -0.2) is 9.18 Å². The number of piperidine rings is 1. The monoisotopic (exact) mass is 447 g/mol. The molecule has 1 atom stereocenters. The number of rotatable bonds is 5. The first-order valence-corrected chi connectivity index (χ1v) is 11.9. The molecule has 2 heterocycles. The molecule has 176 valence electrons. The number of amides is 2. The minimum Gasteiger partial charge on any atom is -0.449 e. The molecule has 0 aromatic heterocycles. The molecular weight excluding hydrogens is 413 g/mol. The summed E-state index contributed by atoms with van der Waals surface area (Å²) in [6, 6.07) is 4.86. The van der Waals surface area contributed by atoms with Crippen LogP contribution in [0.4, 0.5) is 20.6 Å². The summed E-state index contributed by atoms with van der Waals surface area (Å²) in [6.07, 6.45) is 5.58. The predicted molar refractivity (Wildman–Crippen MR) is 120 cm³/mol. The van der Waals surface area contributed by atoms with Crippen LogP contribution in [0.2, 0.25) is 0 Å². The number of hydrogen-bond acceptors (Lipinski definition) is 5. The van der Waals surface area contributed by atoms with E-state index >= 15 is 0 Å². The molecule has 3 aliphatic rings. The molecular formula is C24H34FN3O4. The van der Waals surface area contributed by atoms with Gasteiger partial charge >= 0.3 is 6.09 Å². The van der Waals surface area contributed by atoms with Crippen LogP contribution in [-0.2, 0) is 9.53 Å². The number of carbonyl (C=O) groups excluding carboxylic acids is 2. The molecule has 8 heteroatoms. The molecule has 1 spiro atoms. The second kappa shape index (κ2) is 9.65. The van der Waals surface area contributed by atoms with Crippen molar-refractivity contribution in [1.29, 1.82) is 0 Å². The molecule has 2 aliphatic heterocycles. The van der Waals surface area contributed by atoms with Gasteiger partial charge in [0, 0.05) is 31.4 Å². The fraction of sp³-hybridized carbons (Fsp3) is 0.667. The van der Waals surface area contributed by atoms with Crippen molar-refractivity contribution < 1.29 is 23.8 Å². The molecule has 1 saturated carbocycles. The molecule has 3 fully saturated rings. The third kappa shape index (κ3) is 4.70. The number of ether oxygens (including phenoxy) is 1. The summed E-state index contributed by atoms with van der Waals surface area (Å²) in [5.74, 6) is -0.222. The van der Waals surface area contributed by atoms with Crippen LogP contribution in [0.3, 0.4) is 0 Å². The Kier molecular flexibility index (Phi) is 6.88. The largest absolute Gasteiger partial charge is 0.449 e. The van der Waals surface area contributed by atoms with Crippen molar-refractivity contribution >= 4 is 23.4 Å². The highest BCUT2D eigenvalue weighted by molar-refractivity contribution is 5.87. The highest BCUT2D eigenvalue weighted by Crippen LogP contribution is 2.43. The van der Waals surface area contributed by atoms with Gasteiger partial charge in [-0.15, -0.1) is 0 Å². The number of halogens is 1. The Morgan fingerprint density at radius 1 is 1.25 bits per heavy atom. The Balaban J connectivity index is 1.42. The molecule has 1 aromatic carbocycles. The Morgan fingerprint density at radius 2 is 2.03 bits per heavy atom. The minimum absolute atomic E-state index is 0.195. The second-order valence-corrected chi connectivity index (χ2v) is 9.44. The highest BCUT2D eigenvalue weighted by Gasteiger charge is 2.50. The van der Waals surface area contributed by atoms with Gasteiger partial charge in [0.2, 0.25) is 5.91 Å². The molecule has 4 rings (SSSR count). The van der Waals surface area contributed by atoms with E-state index in [1.54, 1.807) is 12.1 Å². The van der Waals surface area contributed by atoms with E-state index in [4.69, 9.17) is 4.74 Å². The van der Waals surface area contributed by atoms with Crippen LogP contribution >= 0.6 is 0 Å². The van der Waals surface area contributed by atoms with Crippen LogP contribution in [-0.4, -0.2) is 60.4 Å². The van der Waals surface area contributed by atoms with Gasteiger partial charge in [0.05, 0.1) is 23.8 Å². The van der Waals surface area contributed by atoms with Crippen molar-refractivity contribution in [1.82, 2.24) is 4.90 Å². The number of carbonyl (C=O) groups is 2. The number of anilines is 2. The van der Waals surface area contributed by atoms with E-state index in [-0.39, 0.29) is 18.1 Å². The zero-order chi connectivity index (χ0) is 22.7. The lowest BCUT2D eigenvalue weighted by atomic mass is 9.78. The first-order valence-electron chi connectivity index (χ1n) is 11.9. The van der Waals surface area contributed by atoms with Crippen LogP contribution in [0, 0.1) is 11.2 Å². The predicted octanol–water partition coefficient (Wildman–Crippen LogP) is 3.91. The van der Waals surface area contributed by atoms with Gasteiger partial charge in [0.25, 0.3) is 0 Å². The zero-order valence-corrected chi connectivity index (χ0v) is 18.8. The zero-order valence-electron chi connectivity index (χ0n) is 18.8. The van der Waals surface area contributed by atoms with Crippen molar-refractivity contribution in [2.24, 2.45) is 5.41 Å². The van der Waals surface area contributed by atoms with Crippen LogP contribution in [0.1, 0.15) is 58.3 Å². The van der Waals surface area contributed by atoms with Crippen molar-refractivity contribution in [3.8, 4) is 0 Å². The number of nitrogens with one attached hydrogen (secondary N) is 1. The van der Waals surface area contributed by atoms with E-state index in [1.807, 2.05) is 16.7 Å². The molecule has 2 amide bonds. The number of benzene rings is 1. The molecule has 2 N–H and O–H groups in total. The average molecular weight is 448 g/mol. The summed E-state index contributed by atoms with van der Waals surface area (Å²) in [5, 5.41) is 12.3. The molecule has 0 unspecified atom stereocenters. The van der Waals surface area contributed by atoms with Crippen molar-refractivity contribution in [3.63, 3.8) is 0 Å². The van der Waals surface area contributed by atoms with E-state index in [0.29, 0.717) is 31.1 Å². The third-order valence-corrected chi connectivity index (χ3v) is 7.20. The molecule has 0 radical (unpaired) electrons. The summed E-state index contributed by atoms with van der Waals surface area (Å²) < 4.78 is 19.9. The maximum Gasteiger partial charge on any atom is 0.411 e. The van der Waals surface area contributed by atoms with Crippen LogP contribution in [0.15, 0.2) is 18.2 Å². The third-order valence-electron chi connectivity index (χ3n) is 7.20. The van der Waals surface area contributed by atoms with Gasteiger partial charge in [-0.05, 0) is 69.6 Å². The average Bonchev–Trinajstić information content (AvgIpc) is 3.08. The highest BCUT2D eigenvalue weighted by atomic mass is 19.1. The lowest BCUT2D eigenvalue weighted by Gasteiger charge is -2.41. The summed E-state index contributed by atoms with van der Waals surface area (Å²) in [6.45, 7) is 4.18. The smallest absolute Gasteiger partial charge is 0.411 e. The van der Waals surface area contributed by atoms with Gasteiger partial charge in [-0.1, -0.05) is 6.92 Å². The van der Waals surface area contributed by atoms with E-state index < -0.39 is 17.3 Å². The Labute approximate surface area is 188 Å². The molecule has 7 nitrogen and oxygen atoms in total. The maximum absolute atomic E-state index is 15.0. The van der Waals surface area contributed by atoms with Crippen LogP contribution in [0.5, 0.6) is 0 Å². The standard InChI is InChI=1S/C24H34FN3O4/c1-2-14-32-23(31)26-17-4-9-21(20(25)15-17)27-12-3-10-24(16-27)11-13-28(22(24)30)18-5-7-19(29)8-6-18/h4,9,15,18-19,29H,2-3,5-8,10-14,16H2,1H3,(H,26,31)/t18-,19-,24-/m0/s1. The van der Waals surface area contributed by atoms with E-state index in [9.17, 15) is 19.1 Å². The molecule has 1 aliphatic carbocycles. The first-order chi connectivity index (χ1) is 15.4. The quantitative estimate of drug-likeness (QED) is 0.715. The van der Waals surface area contributed by atoms with E-state index in [0.717, 1.165) is 57.9 Å². The van der Waals surface area contributed by atoms with Gasteiger partial charge in [0.15, 0.2) is 0 Å². The van der Waals surface area contributed by atoms with Gasteiger partial charge in [0.1, 0.15) is 5.82 Å². The minimum atomic E-state index is -0.595. The molecule has 0 bridgehead atoms. The van der Waals surface area contributed by atoms with Gasteiger partial charge in [-0.2, -0.15) is 0 Å². The SMILES string of the molecule is CCCOC(=O)Nc1ccc(N2CCC[C@]3(CCN([C@H]4CC[C@H](O)CC4)C3=O)C2)c(F)c1. The maximum atomic E-state index is 15.0. The molecule has 1 aromatic rings. The number of hydrogen-bond donors (Lipinski definition) is 2. The number of aliphatic hydroxyl groups is 1. The topological polar surface area (TPSA) is 82.1 Å². The van der Waals surface area contributed by atoms with E-state index in [2.05, 4.69) is 5.32 Å². The Bertz CT molecular complexity index is 843. The van der Waals surface area contributed by atoms with Gasteiger partial charge < -0.3 is 19.6 Å². The normalized spacial score (nSPS) is 28.3. The molecule has 32 heavy (non-hydrogen) atoms. The lowest BCUT2D eigenvalue weighted by molar-refractivity contribution is -0.139.